The number of carbonyl (C=O) groups is 1. The van der Waals surface area contributed by atoms with Gasteiger partial charge in [-0.3, -0.25) is 4.90 Å². The number of benzene rings is 5. The van der Waals surface area contributed by atoms with Gasteiger partial charge in [-0.2, -0.15) is 0 Å². The Morgan fingerprint density at radius 1 is 0.880 bits per heavy atom. The third-order valence-electron chi connectivity index (χ3n) is 9.70. The zero-order valence-corrected chi connectivity index (χ0v) is 29.0. The van der Waals surface area contributed by atoms with Crippen molar-refractivity contribution in [2.45, 2.75) is 51.5 Å². The number of hydrogen-bond donors (Lipinski definition) is 2. The van der Waals surface area contributed by atoms with Gasteiger partial charge in [-0.1, -0.05) is 117 Å². The summed E-state index contributed by atoms with van der Waals surface area (Å²) in [6, 6.07) is 39.7. The van der Waals surface area contributed by atoms with E-state index in [4.69, 9.17) is 14.2 Å². The normalized spacial score (nSPS) is 19.6. The predicted molar refractivity (Wildman–Crippen MR) is 198 cm³/mol. The Hall–Kier alpha value is -4.79. The fourth-order valence-electron chi connectivity index (χ4n) is 6.58. The van der Waals surface area contributed by atoms with E-state index in [1.165, 1.54) is 22.4 Å². The van der Waals surface area contributed by atoms with Crippen molar-refractivity contribution in [3.05, 3.63) is 156 Å². The van der Waals surface area contributed by atoms with Crippen molar-refractivity contribution in [2.24, 2.45) is 5.92 Å². The lowest BCUT2D eigenvalue weighted by Gasteiger charge is -2.43. The van der Waals surface area contributed by atoms with Crippen LogP contribution < -0.4 is 5.32 Å². The van der Waals surface area contributed by atoms with E-state index in [0.717, 1.165) is 33.4 Å². The quantitative estimate of drug-likeness (QED) is 0.129. The lowest BCUT2D eigenvalue weighted by atomic mass is 9.89. The van der Waals surface area contributed by atoms with Crippen molar-refractivity contribution in [1.82, 2.24) is 10.2 Å². The highest BCUT2D eigenvalue weighted by atomic mass is 16.7. The monoisotopic (exact) mass is 670 g/mol. The molecule has 0 aromatic heterocycles. The van der Waals surface area contributed by atoms with E-state index in [1.807, 2.05) is 30.3 Å². The largest absolute Gasteiger partial charge is 0.445 e. The van der Waals surface area contributed by atoms with E-state index < -0.39 is 12.4 Å². The van der Waals surface area contributed by atoms with Gasteiger partial charge in [0.05, 0.1) is 18.8 Å². The molecule has 258 valence electrons. The maximum atomic E-state index is 12.0. The fourth-order valence-corrected chi connectivity index (χ4v) is 6.58. The number of ether oxygens (including phenoxy) is 3. The SMILES string of the molecule is C=CCOC(=O)NCc1cccc(-c2cccc([C@H]3O[C@@H](CN(C)[C@H](C)c4ccc5ccccc5c4)[C@@H](C)[C@@H](c4ccc(CO)cc4)O3)c2)c1. The van der Waals surface area contributed by atoms with Gasteiger partial charge in [-0.05, 0) is 76.3 Å². The molecule has 0 saturated carbocycles. The Kier molecular flexibility index (Phi) is 11.4. The number of aliphatic hydroxyl groups is 1. The first-order valence-electron chi connectivity index (χ1n) is 17.2. The lowest BCUT2D eigenvalue weighted by molar-refractivity contribution is -0.276. The third kappa shape index (κ3) is 8.32. The van der Waals surface area contributed by atoms with Crippen LogP contribution in [0.4, 0.5) is 4.79 Å². The molecule has 1 fully saturated rings. The number of fused-ring (bicyclic) bond motifs is 1. The molecule has 7 heteroatoms. The van der Waals surface area contributed by atoms with Crippen LogP contribution in [0.1, 0.15) is 60.1 Å². The van der Waals surface area contributed by atoms with Crippen molar-refractivity contribution in [3.63, 3.8) is 0 Å². The molecule has 1 aliphatic heterocycles. The molecule has 50 heavy (non-hydrogen) atoms. The fraction of sp³-hybridized carbons (Fsp3) is 0.279. The second-order valence-electron chi connectivity index (χ2n) is 13.1. The number of likely N-dealkylation sites (N-methyl/N-ethyl adjacent to an activating group) is 1. The molecule has 0 radical (unpaired) electrons. The third-order valence-corrected chi connectivity index (χ3v) is 9.70. The second kappa shape index (κ2) is 16.3. The highest BCUT2D eigenvalue weighted by Gasteiger charge is 2.39. The zero-order chi connectivity index (χ0) is 35.0. The van der Waals surface area contributed by atoms with E-state index in [0.29, 0.717) is 13.1 Å². The number of hydrogen-bond acceptors (Lipinski definition) is 6. The summed E-state index contributed by atoms with van der Waals surface area (Å²) in [5.41, 5.74) is 7.11. The van der Waals surface area contributed by atoms with Crippen LogP contribution in [0.15, 0.2) is 128 Å². The summed E-state index contributed by atoms with van der Waals surface area (Å²) in [6.45, 7) is 9.24. The molecule has 1 aliphatic rings. The van der Waals surface area contributed by atoms with Gasteiger partial charge < -0.3 is 24.6 Å². The molecule has 5 aromatic carbocycles. The summed E-state index contributed by atoms with van der Waals surface area (Å²) >= 11 is 0. The van der Waals surface area contributed by atoms with Crippen molar-refractivity contribution in [1.29, 1.82) is 0 Å². The van der Waals surface area contributed by atoms with E-state index in [9.17, 15) is 9.90 Å². The minimum Gasteiger partial charge on any atom is -0.445 e. The molecule has 5 atom stereocenters. The number of amides is 1. The summed E-state index contributed by atoms with van der Waals surface area (Å²) in [7, 11) is 2.16. The van der Waals surface area contributed by atoms with Gasteiger partial charge in [-0.25, -0.2) is 4.79 Å². The zero-order valence-electron chi connectivity index (χ0n) is 29.0. The Bertz CT molecular complexity index is 1910. The van der Waals surface area contributed by atoms with Gasteiger partial charge in [0.25, 0.3) is 0 Å². The Morgan fingerprint density at radius 3 is 2.38 bits per heavy atom. The second-order valence-corrected chi connectivity index (χ2v) is 13.1. The predicted octanol–water partition coefficient (Wildman–Crippen LogP) is 8.90. The van der Waals surface area contributed by atoms with Crippen LogP contribution in [-0.4, -0.2) is 42.4 Å². The Morgan fingerprint density at radius 2 is 1.62 bits per heavy atom. The molecule has 0 aliphatic carbocycles. The standard InChI is InChI=1S/C43H46N2O5/c1-5-22-48-43(47)44-26-32-10-8-13-36(23-32)38-14-9-15-39(25-38)42-49-40(29(2)41(50-42)34-18-16-31(28-46)17-19-34)27-45(4)30(3)35-21-20-33-11-6-7-12-37(33)24-35/h5-21,23-25,29-30,40-42,46H,1,22,26-28H2,2-4H3,(H,44,47)/t29-,30-,40+,41+,42+/m1/s1. The van der Waals surface area contributed by atoms with Crippen LogP contribution in [0.5, 0.6) is 0 Å². The topological polar surface area (TPSA) is 80.3 Å². The molecular weight excluding hydrogens is 624 g/mol. The first-order chi connectivity index (χ1) is 24.3. The van der Waals surface area contributed by atoms with Crippen LogP contribution >= 0.6 is 0 Å². The van der Waals surface area contributed by atoms with Crippen molar-refractivity contribution < 1.29 is 24.1 Å². The van der Waals surface area contributed by atoms with Gasteiger partial charge in [0.2, 0.25) is 0 Å². The summed E-state index contributed by atoms with van der Waals surface area (Å²) in [4.78, 5) is 14.3. The van der Waals surface area contributed by atoms with Crippen molar-refractivity contribution in [3.8, 4) is 11.1 Å². The van der Waals surface area contributed by atoms with E-state index in [2.05, 4.69) is 123 Å². The van der Waals surface area contributed by atoms with Crippen LogP contribution in [0.25, 0.3) is 21.9 Å². The average molecular weight is 671 g/mol. The maximum Gasteiger partial charge on any atom is 0.407 e. The van der Waals surface area contributed by atoms with Gasteiger partial charge in [0.1, 0.15) is 6.61 Å². The van der Waals surface area contributed by atoms with Gasteiger partial charge in [0.15, 0.2) is 6.29 Å². The minimum absolute atomic E-state index is 0.00335. The molecule has 0 unspecified atom stereocenters. The molecule has 2 N–H and O–H groups in total. The first-order valence-corrected chi connectivity index (χ1v) is 17.2. The number of carbonyl (C=O) groups excluding carboxylic acids is 1. The minimum atomic E-state index is -0.590. The Labute approximate surface area is 295 Å². The number of rotatable bonds is 12. The van der Waals surface area contributed by atoms with E-state index >= 15 is 0 Å². The molecule has 1 heterocycles. The average Bonchev–Trinajstić information content (AvgIpc) is 3.16. The molecule has 5 aromatic rings. The molecular formula is C43H46N2O5. The summed E-state index contributed by atoms with van der Waals surface area (Å²) < 4.78 is 18.7. The molecule has 1 saturated heterocycles. The lowest BCUT2D eigenvalue weighted by Crippen LogP contribution is -2.44. The van der Waals surface area contributed by atoms with Crippen LogP contribution in [0, 0.1) is 5.92 Å². The van der Waals surface area contributed by atoms with Crippen molar-refractivity contribution in [2.75, 3.05) is 20.2 Å². The smallest absolute Gasteiger partial charge is 0.407 e. The summed E-state index contributed by atoms with van der Waals surface area (Å²) in [6.07, 6.45) is 0.131. The highest BCUT2D eigenvalue weighted by Crippen LogP contribution is 2.43. The first kappa shape index (κ1) is 35.1. The number of alkyl carbamates (subject to hydrolysis) is 1. The van der Waals surface area contributed by atoms with Gasteiger partial charge >= 0.3 is 6.09 Å². The molecule has 0 bridgehead atoms. The maximum absolute atomic E-state index is 12.0. The summed E-state index contributed by atoms with van der Waals surface area (Å²) in [5, 5.41) is 14.9. The number of aliphatic hydroxyl groups excluding tert-OH is 1. The van der Waals surface area contributed by atoms with Crippen LogP contribution in [0.2, 0.25) is 0 Å². The highest BCUT2D eigenvalue weighted by molar-refractivity contribution is 5.83. The van der Waals surface area contributed by atoms with Gasteiger partial charge in [0, 0.05) is 30.6 Å². The van der Waals surface area contributed by atoms with Crippen LogP contribution in [0.3, 0.4) is 0 Å². The van der Waals surface area contributed by atoms with Crippen molar-refractivity contribution >= 4 is 16.9 Å². The number of nitrogens with zero attached hydrogens (tertiary/aromatic N) is 1. The Balaban J connectivity index is 1.24. The van der Waals surface area contributed by atoms with Gasteiger partial charge in [-0.15, -0.1) is 0 Å². The summed E-state index contributed by atoms with van der Waals surface area (Å²) in [5.74, 6) is 0.0583. The molecule has 0 spiro atoms. The van der Waals surface area contributed by atoms with Crippen LogP contribution in [-0.2, 0) is 27.4 Å². The van der Waals surface area contributed by atoms with E-state index in [1.54, 1.807) is 0 Å². The van der Waals surface area contributed by atoms with E-state index in [-0.39, 0.29) is 37.4 Å². The molecule has 6 rings (SSSR count). The molecule has 7 nitrogen and oxygen atoms in total. The molecule has 1 amide bonds. The number of nitrogens with one attached hydrogen (secondary N) is 1.